The van der Waals surface area contributed by atoms with Crippen LogP contribution < -0.4 is 20.5 Å². The molecule has 1 aliphatic rings. The Labute approximate surface area is 204 Å². The zero-order chi connectivity index (χ0) is 25.6. The Morgan fingerprint density at radius 3 is 2.09 bits per heavy atom. The predicted octanol–water partition coefficient (Wildman–Crippen LogP) is 2.54. The minimum Gasteiger partial charge on any atom is -0.490 e. The Bertz CT molecular complexity index is 972. The second-order valence-corrected chi connectivity index (χ2v) is 7.76. The van der Waals surface area contributed by atoms with Gasteiger partial charge in [-0.3, -0.25) is 30.0 Å². The van der Waals surface area contributed by atoms with Gasteiger partial charge in [-0.25, -0.2) is 0 Å². The quantitative estimate of drug-likeness (QED) is 0.402. The molecule has 0 aliphatic carbocycles. The van der Waals surface area contributed by atoms with Crippen LogP contribution in [-0.4, -0.2) is 55.2 Å². The minimum atomic E-state index is -1.07. The summed E-state index contributed by atoms with van der Waals surface area (Å²) in [7, 11) is 1.35. The third-order valence-corrected chi connectivity index (χ3v) is 5.15. The number of nitrogens with zero attached hydrogens (tertiary/aromatic N) is 1. The molecule has 0 bridgehead atoms. The fourth-order valence-corrected chi connectivity index (χ4v) is 3.23. The maximum absolute atomic E-state index is 12.1. The molecule has 0 aromatic heterocycles. The number of nitrogens with one attached hydrogen (secondary N) is 2. The standard InChI is InChI=1S/C22H25N3O5.C3H6O2/c26-20(10-11-21(27)28)23-24-22(29)16-6-8-17(9-7-16)25-14-12-19(13-15-25)30-18-4-2-1-3-5-18;1-3(4)5-2/h1-9,19H,10-15H2,(H,23,26)(H,24,29)(H,27,28);1-2H3. The summed E-state index contributed by atoms with van der Waals surface area (Å²) >= 11 is 0. The van der Waals surface area contributed by atoms with Crippen molar-refractivity contribution < 1.29 is 33.8 Å². The number of methoxy groups -OCH3 is 1. The van der Waals surface area contributed by atoms with E-state index in [1.54, 1.807) is 12.1 Å². The highest BCUT2D eigenvalue weighted by atomic mass is 16.5. The van der Waals surface area contributed by atoms with Crippen molar-refractivity contribution in [1.82, 2.24) is 10.9 Å². The molecule has 1 heterocycles. The number of benzene rings is 2. The molecule has 1 saturated heterocycles. The number of hydrogen-bond donors (Lipinski definition) is 3. The van der Waals surface area contributed by atoms with Crippen molar-refractivity contribution in [3.8, 4) is 5.75 Å². The van der Waals surface area contributed by atoms with Gasteiger partial charge in [-0.1, -0.05) is 18.2 Å². The number of aliphatic carboxylic acids is 1. The summed E-state index contributed by atoms with van der Waals surface area (Å²) in [6.45, 7) is 3.09. The van der Waals surface area contributed by atoms with Crippen LogP contribution in [0.25, 0.3) is 0 Å². The maximum Gasteiger partial charge on any atom is 0.303 e. The molecule has 1 fully saturated rings. The summed E-state index contributed by atoms with van der Waals surface area (Å²) in [6, 6.07) is 17.0. The molecule has 3 rings (SSSR count). The molecule has 35 heavy (non-hydrogen) atoms. The number of carbonyl (C=O) groups excluding carboxylic acids is 3. The highest BCUT2D eigenvalue weighted by Gasteiger charge is 2.21. The fourth-order valence-electron chi connectivity index (χ4n) is 3.23. The van der Waals surface area contributed by atoms with E-state index in [4.69, 9.17) is 9.84 Å². The third-order valence-electron chi connectivity index (χ3n) is 5.15. The molecule has 2 aromatic rings. The van der Waals surface area contributed by atoms with E-state index in [1.165, 1.54) is 14.0 Å². The van der Waals surface area contributed by atoms with E-state index in [2.05, 4.69) is 20.5 Å². The van der Waals surface area contributed by atoms with E-state index >= 15 is 0 Å². The molecule has 0 spiro atoms. The van der Waals surface area contributed by atoms with Crippen LogP contribution in [0.5, 0.6) is 5.75 Å². The number of carbonyl (C=O) groups is 4. The molecule has 1 aliphatic heterocycles. The molecular weight excluding hydrogens is 454 g/mol. The van der Waals surface area contributed by atoms with Crippen LogP contribution in [0.4, 0.5) is 5.69 Å². The van der Waals surface area contributed by atoms with Crippen molar-refractivity contribution in [2.24, 2.45) is 0 Å². The first-order chi connectivity index (χ1) is 16.8. The average molecular weight is 486 g/mol. The number of carboxylic acid groups (broad SMARTS) is 1. The van der Waals surface area contributed by atoms with Crippen molar-refractivity contribution in [1.29, 1.82) is 0 Å². The van der Waals surface area contributed by atoms with Crippen molar-refractivity contribution in [3.63, 3.8) is 0 Å². The van der Waals surface area contributed by atoms with Crippen LogP contribution in [0.3, 0.4) is 0 Å². The largest absolute Gasteiger partial charge is 0.490 e. The topological polar surface area (TPSA) is 134 Å². The summed E-state index contributed by atoms with van der Waals surface area (Å²) in [6.07, 6.45) is 1.54. The SMILES string of the molecule is COC(C)=O.O=C(O)CCC(=O)NNC(=O)c1ccc(N2CCC(Oc3ccccc3)CC2)cc1. The summed E-state index contributed by atoms with van der Waals surface area (Å²) < 4.78 is 10.1. The number of para-hydroxylation sites is 1. The summed E-state index contributed by atoms with van der Waals surface area (Å²) in [5.41, 5.74) is 5.93. The molecule has 0 radical (unpaired) electrons. The van der Waals surface area contributed by atoms with Gasteiger partial charge in [0.1, 0.15) is 11.9 Å². The summed E-state index contributed by atoms with van der Waals surface area (Å²) in [5, 5.41) is 8.55. The first-order valence-electron chi connectivity index (χ1n) is 11.2. The second-order valence-electron chi connectivity index (χ2n) is 7.76. The number of carboxylic acids is 1. The van der Waals surface area contributed by atoms with Crippen LogP contribution in [0.1, 0.15) is 43.0 Å². The lowest BCUT2D eigenvalue weighted by atomic mass is 10.1. The van der Waals surface area contributed by atoms with E-state index in [1.807, 2.05) is 42.5 Å². The lowest BCUT2D eigenvalue weighted by molar-refractivity contribution is -0.139. The Morgan fingerprint density at radius 2 is 1.54 bits per heavy atom. The number of ether oxygens (including phenoxy) is 2. The lowest BCUT2D eigenvalue weighted by Crippen LogP contribution is -2.41. The van der Waals surface area contributed by atoms with Crippen molar-refractivity contribution in [3.05, 3.63) is 60.2 Å². The lowest BCUT2D eigenvalue weighted by Gasteiger charge is -2.33. The predicted molar refractivity (Wildman–Crippen MR) is 129 cm³/mol. The van der Waals surface area contributed by atoms with E-state index in [9.17, 15) is 19.2 Å². The number of piperidine rings is 1. The smallest absolute Gasteiger partial charge is 0.303 e. The molecule has 3 N–H and O–H groups in total. The van der Waals surface area contributed by atoms with Crippen molar-refractivity contribution in [2.45, 2.75) is 38.7 Å². The third kappa shape index (κ3) is 10.2. The Balaban J connectivity index is 0.000000784. The number of amides is 2. The number of esters is 1. The van der Waals surface area contributed by atoms with Gasteiger partial charge in [0.25, 0.3) is 5.91 Å². The van der Waals surface area contributed by atoms with Crippen LogP contribution in [0.2, 0.25) is 0 Å². The highest BCUT2D eigenvalue weighted by molar-refractivity contribution is 5.95. The van der Waals surface area contributed by atoms with Gasteiger partial charge in [-0.05, 0) is 36.4 Å². The Morgan fingerprint density at radius 1 is 0.943 bits per heavy atom. The molecule has 0 atom stereocenters. The molecule has 188 valence electrons. The first kappa shape index (κ1) is 27.2. The van der Waals surface area contributed by atoms with Gasteiger partial charge in [-0.15, -0.1) is 0 Å². The Kier molecular flexibility index (Phi) is 11.1. The van der Waals surface area contributed by atoms with Gasteiger partial charge in [0.15, 0.2) is 0 Å². The van der Waals surface area contributed by atoms with Crippen LogP contribution in [0.15, 0.2) is 54.6 Å². The molecule has 2 aromatic carbocycles. The van der Waals surface area contributed by atoms with Gasteiger partial charge in [0.05, 0.1) is 13.5 Å². The molecule has 0 unspecified atom stereocenters. The number of hydrogen-bond acceptors (Lipinski definition) is 7. The normalized spacial score (nSPS) is 13.0. The first-order valence-corrected chi connectivity index (χ1v) is 11.2. The van der Waals surface area contributed by atoms with E-state index < -0.39 is 17.8 Å². The van der Waals surface area contributed by atoms with E-state index in [0.717, 1.165) is 37.4 Å². The van der Waals surface area contributed by atoms with E-state index in [-0.39, 0.29) is 24.9 Å². The molecular formula is C25H31N3O7. The van der Waals surface area contributed by atoms with Gasteiger partial charge >= 0.3 is 11.9 Å². The number of rotatable bonds is 7. The van der Waals surface area contributed by atoms with Gasteiger partial charge in [-0.2, -0.15) is 0 Å². The van der Waals surface area contributed by atoms with Crippen molar-refractivity contribution >= 4 is 29.4 Å². The zero-order valence-corrected chi connectivity index (χ0v) is 19.9. The highest BCUT2D eigenvalue weighted by Crippen LogP contribution is 2.23. The minimum absolute atomic E-state index is 0.193. The molecule has 10 heteroatoms. The summed E-state index contributed by atoms with van der Waals surface area (Å²) in [5.74, 6) is -1.43. The monoisotopic (exact) mass is 485 g/mol. The van der Waals surface area contributed by atoms with Gasteiger partial charge < -0.3 is 19.5 Å². The number of anilines is 1. The number of hydrazine groups is 1. The Hall–Kier alpha value is -4.08. The van der Waals surface area contributed by atoms with Gasteiger partial charge in [0, 0.05) is 50.5 Å². The van der Waals surface area contributed by atoms with Crippen LogP contribution >= 0.6 is 0 Å². The van der Waals surface area contributed by atoms with E-state index in [0.29, 0.717) is 5.56 Å². The van der Waals surface area contributed by atoms with Gasteiger partial charge in [0.2, 0.25) is 5.91 Å². The van der Waals surface area contributed by atoms with Crippen LogP contribution in [-0.2, 0) is 19.1 Å². The van der Waals surface area contributed by atoms with Crippen LogP contribution in [0, 0.1) is 0 Å². The summed E-state index contributed by atoms with van der Waals surface area (Å²) in [4.78, 5) is 45.9. The average Bonchev–Trinajstić information content (AvgIpc) is 2.87. The fraction of sp³-hybridized carbons (Fsp3) is 0.360. The zero-order valence-electron chi connectivity index (χ0n) is 19.9. The maximum atomic E-state index is 12.1. The molecule has 0 saturated carbocycles. The molecule has 10 nitrogen and oxygen atoms in total. The van der Waals surface area contributed by atoms with Crippen molar-refractivity contribution in [2.75, 3.05) is 25.1 Å². The second kappa shape index (κ2) is 14.2. The molecule has 2 amide bonds.